The van der Waals surface area contributed by atoms with Gasteiger partial charge in [-0.25, -0.2) is 14.4 Å². The molecule has 0 unspecified atom stereocenters. The lowest BCUT2D eigenvalue weighted by Gasteiger charge is -2.08. The second kappa shape index (κ2) is 8.74. The molecule has 1 amide bonds. The lowest BCUT2D eigenvalue weighted by molar-refractivity contribution is 0.0953. The summed E-state index contributed by atoms with van der Waals surface area (Å²) in [6.45, 7) is 0.713. The zero-order valence-corrected chi connectivity index (χ0v) is 18.0. The van der Waals surface area contributed by atoms with E-state index in [2.05, 4.69) is 15.3 Å². The number of benzene rings is 2. The SMILES string of the molecule is Cn1c(CCNC(=O)c2cccc(OCc3cn4ccccc4n3)c2)nc2cc(F)ccc21. The molecule has 0 saturated carbocycles. The van der Waals surface area contributed by atoms with Crippen molar-refractivity contribution >= 4 is 22.6 Å². The number of imidazole rings is 2. The van der Waals surface area contributed by atoms with Crippen molar-refractivity contribution < 1.29 is 13.9 Å². The molecule has 0 atom stereocenters. The van der Waals surface area contributed by atoms with Gasteiger partial charge in [0.05, 0.1) is 16.7 Å². The second-order valence-electron chi connectivity index (χ2n) is 7.74. The van der Waals surface area contributed by atoms with Crippen LogP contribution in [0.5, 0.6) is 5.75 Å². The summed E-state index contributed by atoms with van der Waals surface area (Å²) in [4.78, 5) is 21.6. The molecule has 33 heavy (non-hydrogen) atoms. The van der Waals surface area contributed by atoms with Crippen LogP contribution in [0.4, 0.5) is 4.39 Å². The van der Waals surface area contributed by atoms with Crippen molar-refractivity contribution in [3.05, 3.63) is 96.0 Å². The van der Waals surface area contributed by atoms with E-state index in [0.717, 1.165) is 22.7 Å². The molecule has 3 aromatic heterocycles. The number of hydrogen-bond donors (Lipinski definition) is 1. The first-order chi connectivity index (χ1) is 16.1. The van der Waals surface area contributed by atoms with Crippen molar-refractivity contribution in [1.29, 1.82) is 0 Å². The number of carbonyl (C=O) groups is 1. The molecule has 0 aliphatic rings. The highest BCUT2D eigenvalue weighted by atomic mass is 19.1. The Morgan fingerprint density at radius 3 is 2.88 bits per heavy atom. The van der Waals surface area contributed by atoms with E-state index in [1.807, 2.05) is 52.7 Å². The first-order valence-electron chi connectivity index (χ1n) is 10.6. The van der Waals surface area contributed by atoms with Gasteiger partial charge in [0, 0.05) is 44.0 Å². The predicted molar refractivity (Wildman–Crippen MR) is 123 cm³/mol. The molecule has 8 heteroatoms. The molecule has 3 heterocycles. The molecule has 0 radical (unpaired) electrons. The van der Waals surface area contributed by atoms with Crippen molar-refractivity contribution in [3.8, 4) is 5.75 Å². The Balaban J connectivity index is 1.19. The van der Waals surface area contributed by atoms with Gasteiger partial charge in [-0.1, -0.05) is 12.1 Å². The van der Waals surface area contributed by atoms with Crippen LogP contribution in [0.1, 0.15) is 21.9 Å². The minimum atomic E-state index is -0.316. The Hall–Kier alpha value is -4.20. The van der Waals surface area contributed by atoms with E-state index in [4.69, 9.17) is 4.74 Å². The molecule has 5 aromatic rings. The van der Waals surface area contributed by atoms with E-state index in [0.29, 0.717) is 36.4 Å². The van der Waals surface area contributed by atoms with Crippen molar-refractivity contribution in [1.82, 2.24) is 24.3 Å². The highest BCUT2D eigenvalue weighted by molar-refractivity contribution is 5.94. The van der Waals surface area contributed by atoms with E-state index in [9.17, 15) is 9.18 Å². The summed E-state index contributed by atoms with van der Waals surface area (Å²) < 4.78 is 23.1. The highest BCUT2D eigenvalue weighted by Crippen LogP contribution is 2.17. The van der Waals surface area contributed by atoms with Gasteiger partial charge >= 0.3 is 0 Å². The van der Waals surface area contributed by atoms with Crippen LogP contribution < -0.4 is 10.1 Å². The van der Waals surface area contributed by atoms with Crippen LogP contribution in [0.15, 0.2) is 73.1 Å². The highest BCUT2D eigenvalue weighted by Gasteiger charge is 2.11. The van der Waals surface area contributed by atoms with Crippen molar-refractivity contribution in [2.75, 3.05) is 6.54 Å². The fraction of sp³-hybridized carbons (Fsp3) is 0.160. The molecular weight excluding hydrogens is 421 g/mol. The molecule has 0 aliphatic carbocycles. The summed E-state index contributed by atoms with van der Waals surface area (Å²) in [7, 11) is 1.88. The summed E-state index contributed by atoms with van der Waals surface area (Å²) in [5.41, 5.74) is 3.63. The summed E-state index contributed by atoms with van der Waals surface area (Å²) >= 11 is 0. The Morgan fingerprint density at radius 1 is 1.09 bits per heavy atom. The van der Waals surface area contributed by atoms with Gasteiger partial charge < -0.3 is 19.0 Å². The maximum absolute atomic E-state index is 13.4. The minimum absolute atomic E-state index is 0.196. The van der Waals surface area contributed by atoms with E-state index in [1.54, 1.807) is 24.3 Å². The van der Waals surface area contributed by atoms with E-state index in [-0.39, 0.29) is 11.7 Å². The molecule has 0 bridgehead atoms. The van der Waals surface area contributed by atoms with Crippen LogP contribution in [0.3, 0.4) is 0 Å². The third kappa shape index (κ3) is 4.41. The van der Waals surface area contributed by atoms with Gasteiger partial charge in [0.2, 0.25) is 0 Å². The largest absolute Gasteiger partial charge is 0.487 e. The Kier molecular flexibility index (Phi) is 5.48. The molecule has 0 aliphatic heterocycles. The number of halogens is 1. The van der Waals surface area contributed by atoms with Crippen molar-refractivity contribution in [3.63, 3.8) is 0 Å². The maximum Gasteiger partial charge on any atom is 0.251 e. The fourth-order valence-corrected chi connectivity index (χ4v) is 3.78. The van der Waals surface area contributed by atoms with E-state index in [1.165, 1.54) is 12.1 Å². The molecule has 0 spiro atoms. The topological polar surface area (TPSA) is 73.5 Å². The quantitative estimate of drug-likeness (QED) is 0.414. The zero-order chi connectivity index (χ0) is 22.8. The number of ether oxygens (including phenoxy) is 1. The van der Waals surface area contributed by atoms with E-state index < -0.39 is 0 Å². The fourth-order valence-electron chi connectivity index (χ4n) is 3.78. The van der Waals surface area contributed by atoms with Crippen molar-refractivity contribution in [2.45, 2.75) is 13.0 Å². The maximum atomic E-state index is 13.4. The van der Waals surface area contributed by atoms with Gasteiger partial charge in [-0.3, -0.25) is 4.79 Å². The van der Waals surface area contributed by atoms with Gasteiger partial charge in [0.1, 0.15) is 29.6 Å². The Bertz CT molecular complexity index is 1420. The van der Waals surface area contributed by atoms with Crippen LogP contribution in [-0.4, -0.2) is 31.4 Å². The smallest absolute Gasteiger partial charge is 0.251 e. The molecule has 166 valence electrons. The number of fused-ring (bicyclic) bond motifs is 2. The molecule has 0 saturated heterocycles. The molecule has 1 N–H and O–H groups in total. The summed E-state index contributed by atoms with van der Waals surface area (Å²) in [5.74, 6) is 0.860. The van der Waals surface area contributed by atoms with Gasteiger partial charge in [-0.2, -0.15) is 0 Å². The molecule has 7 nitrogen and oxygen atoms in total. The number of hydrogen-bond acceptors (Lipinski definition) is 4. The van der Waals surface area contributed by atoms with Gasteiger partial charge in [0.15, 0.2) is 0 Å². The number of amides is 1. The lowest BCUT2D eigenvalue weighted by Crippen LogP contribution is -2.26. The number of nitrogens with zero attached hydrogens (tertiary/aromatic N) is 4. The van der Waals surface area contributed by atoms with Crippen molar-refractivity contribution in [2.24, 2.45) is 7.05 Å². The molecule has 2 aromatic carbocycles. The average molecular weight is 443 g/mol. The number of aryl methyl sites for hydroxylation is 1. The predicted octanol–water partition coefficient (Wildman–Crippen LogP) is 3.91. The number of aromatic nitrogens is 4. The Labute approximate surface area is 189 Å². The van der Waals surface area contributed by atoms with Crippen LogP contribution >= 0.6 is 0 Å². The standard InChI is InChI=1S/C25H22FN5O2/c1-30-22-9-8-18(26)14-21(22)29-23(30)10-11-27-25(32)17-5-4-6-20(13-17)33-16-19-15-31-12-3-2-7-24(31)28-19/h2-9,12-15H,10-11,16H2,1H3,(H,27,32). The number of carbonyl (C=O) groups excluding carboxylic acids is 1. The van der Waals surface area contributed by atoms with Crippen LogP contribution in [-0.2, 0) is 20.1 Å². The van der Waals surface area contributed by atoms with Gasteiger partial charge in [0.25, 0.3) is 5.91 Å². The second-order valence-corrected chi connectivity index (χ2v) is 7.74. The average Bonchev–Trinajstić information content (AvgIpc) is 3.38. The van der Waals surface area contributed by atoms with Gasteiger partial charge in [-0.15, -0.1) is 0 Å². The molecular formula is C25H22FN5O2. The normalized spacial score (nSPS) is 11.2. The molecule has 0 fully saturated rings. The third-order valence-corrected chi connectivity index (χ3v) is 5.47. The summed E-state index contributed by atoms with van der Waals surface area (Å²) in [5, 5.41) is 2.91. The Morgan fingerprint density at radius 2 is 2.00 bits per heavy atom. The number of nitrogens with one attached hydrogen (secondary N) is 1. The first kappa shape index (κ1) is 20.7. The van der Waals surface area contributed by atoms with Crippen LogP contribution in [0, 0.1) is 5.82 Å². The summed E-state index contributed by atoms with van der Waals surface area (Å²) in [6.07, 6.45) is 4.38. The van der Waals surface area contributed by atoms with E-state index >= 15 is 0 Å². The number of pyridine rings is 1. The molecule has 5 rings (SSSR count). The third-order valence-electron chi connectivity index (χ3n) is 5.47. The lowest BCUT2D eigenvalue weighted by atomic mass is 10.2. The monoisotopic (exact) mass is 443 g/mol. The van der Waals surface area contributed by atoms with Gasteiger partial charge in [-0.05, 0) is 42.5 Å². The van der Waals surface area contributed by atoms with Crippen LogP contribution in [0.2, 0.25) is 0 Å². The zero-order valence-electron chi connectivity index (χ0n) is 18.0. The first-order valence-corrected chi connectivity index (χ1v) is 10.6. The number of rotatable bonds is 7. The van der Waals surface area contributed by atoms with Crippen LogP contribution in [0.25, 0.3) is 16.7 Å². The minimum Gasteiger partial charge on any atom is -0.487 e. The summed E-state index contributed by atoms with van der Waals surface area (Å²) in [6, 6.07) is 17.4.